The summed E-state index contributed by atoms with van der Waals surface area (Å²) in [6, 6.07) is 7.79. The monoisotopic (exact) mass is 159 g/mol. The molecule has 0 saturated carbocycles. The van der Waals surface area contributed by atoms with E-state index in [1.165, 1.54) is 0 Å². The van der Waals surface area contributed by atoms with Gasteiger partial charge in [-0.2, -0.15) is 0 Å². The second-order valence-corrected chi connectivity index (χ2v) is 2.80. The van der Waals surface area contributed by atoms with Gasteiger partial charge in [0.2, 0.25) is 0 Å². The molecule has 2 aromatic rings. The van der Waals surface area contributed by atoms with Crippen molar-refractivity contribution in [3.63, 3.8) is 0 Å². The lowest BCUT2D eigenvalue weighted by atomic mass is 10.3. The SMILES string of the molecule is Cc1c(C=O)cc2ccccn12. The van der Waals surface area contributed by atoms with Gasteiger partial charge in [-0.1, -0.05) is 6.07 Å². The maximum Gasteiger partial charge on any atom is 0.151 e. The normalized spacial score (nSPS) is 10.4. The van der Waals surface area contributed by atoms with E-state index in [2.05, 4.69) is 0 Å². The Bertz CT molecular complexity index is 428. The Balaban J connectivity index is 2.87. The van der Waals surface area contributed by atoms with Crippen LogP contribution in [0.5, 0.6) is 0 Å². The molecule has 2 rings (SSSR count). The highest BCUT2D eigenvalue weighted by molar-refractivity contribution is 5.80. The molecule has 0 unspecified atom stereocenters. The van der Waals surface area contributed by atoms with E-state index in [1.807, 2.05) is 41.8 Å². The molecule has 0 saturated heterocycles. The first kappa shape index (κ1) is 7.10. The van der Waals surface area contributed by atoms with Gasteiger partial charge in [0.25, 0.3) is 0 Å². The molecule has 12 heavy (non-hydrogen) atoms. The van der Waals surface area contributed by atoms with Crippen LogP contribution >= 0.6 is 0 Å². The maximum absolute atomic E-state index is 10.6. The average molecular weight is 159 g/mol. The van der Waals surface area contributed by atoms with Gasteiger partial charge in [-0.3, -0.25) is 4.79 Å². The van der Waals surface area contributed by atoms with Crippen molar-refractivity contribution in [3.8, 4) is 0 Å². The second kappa shape index (κ2) is 2.48. The molecule has 0 spiro atoms. The van der Waals surface area contributed by atoms with Gasteiger partial charge < -0.3 is 4.40 Å². The van der Waals surface area contributed by atoms with Gasteiger partial charge in [0, 0.05) is 23.0 Å². The lowest BCUT2D eigenvalue weighted by Gasteiger charge is -1.94. The fourth-order valence-electron chi connectivity index (χ4n) is 1.40. The summed E-state index contributed by atoms with van der Waals surface area (Å²) >= 11 is 0. The molecule has 0 atom stereocenters. The number of hydrogen-bond acceptors (Lipinski definition) is 1. The van der Waals surface area contributed by atoms with Crippen LogP contribution in [-0.2, 0) is 0 Å². The van der Waals surface area contributed by atoms with Crippen LogP contribution in [0, 0.1) is 6.92 Å². The Labute approximate surface area is 70.4 Å². The molecule has 0 amide bonds. The van der Waals surface area contributed by atoms with E-state index in [0.29, 0.717) is 0 Å². The molecule has 0 radical (unpaired) electrons. The molecule has 60 valence electrons. The standard InChI is InChI=1S/C10H9NO/c1-8-9(7-12)6-10-4-2-3-5-11(8)10/h2-7H,1H3. The lowest BCUT2D eigenvalue weighted by molar-refractivity contribution is 0.112. The molecule has 0 fully saturated rings. The number of carbonyl (C=O) groups is 1. The van der Waals surface area contributed by atoms with Gasteiger partial charge in [-0.25, -0.2) is 0 Å². The van der Waals surface area contributed by atoms with Gasteiger partial charge in [-0.15, -0.1) is 0 Å². The highest BCUT2D eigenvalue weighted by Gasteiger charge is 2.02. The van der Waals surface area contributed by atoms with Gasteiger partial charge in [0.1, 0.15) is 0 Å². The van der Waals surface area contributed by atoms with E-state index in [0.717, 1.165) is 23.1 Å². The summed E-state index contributed by atoms with van der Waals surface area (Å²) < 4.78 is 2.00. The molecular formula is C10H9NO. The van der Waals surface area contributed by atoms with Crippen LogP contribution in [0.25, 0.3) is 5.52 Å². The molecule has 0 aliphatic rings. The average Bonchev–Trinajstić information content (AvgIpc) is 2.44. The largest absolute Gasteiger partial charge is 0.320 e. The van der Waals surface area contributed by atoms with E-state index >= 15 is 0 Å². The zero-order valence-electron chi connectivity index (χ0n) is 6.82. The molecule has 0 aromatic carbocycles. The van der Waals surface area contributed by atoms with Crippen LogP contribution in [0.1, 0.15) is 16.1 Å². The van der Waals surface area contributed by atoms with E-state index in [4.69, 9.17) is 0 Å². The van der Waals surface area contributed by atoms with Gasteiger partial charge in [-0.05, 0) is 25.1 Å². The first-order valence-electron chi connectivity index (χ1n) is 3.85. The summed E-state index contributed by atoms with van der Waals surface area (Å²) in [4.78, 5) is 10.6. The fourth-order valence-corrected chi connectivity index (χ4v) is 1.40. The molecule has 0 N–H and O–H groups in total. The number of aryl methyl sites for hydroxylation is 1. The summed E-state index contributed by atoms with van der Waals surface area (Å²) in [5.74, 6) is 0. The quantitative estimate of drug-likeness (QED) is 0.583. The van der Waals surface area contributed by atoms with Gasteiger partial charge in [0.15, 0.2) is 6.29 Å². The summed E-state index contributed by atoms with van der Waals surface area (Å²) in [6.45, 7) is 1.94. The Morgan fingerprint density at radius 1 is 1.42 bits per heavy atom. The smallest absolute Gasteiger partial charge is 0.151 e. The van der Waals surface area contributed by atoms with Crippen molar-refractivity contribution in [3.05, 3.63) is 41.7 Å². The number of carbonyl (C=O) groups excluding carboxylic acids is 1. The molecule has 2 aromatic heterocycles. The maximum atomic E-state index is 10.6. The first-order chi connectivity index (χ1) is 5.83. The van der Waals surface area contributed by atoms with Crippen LogP contribution in [0.4, 0.5) is 0 Å². The highest BCUT2D eigenvalue weighted by Crippen LogP contribution is 2.13. The van der Waals surface area contributed by atoms with E-state index in [1.54, 1.807) is 0 Å². The van der Waals surface area contributed by atoms with Crippen LogP contribution in [0.15, 0.2) is 30.5 Å². The third-order valence-corrected chi connectivity index (χ3v) is 2.10. The van der Waals surface area contributed by atoms with Crippen molar-refractivity contribution in [2.45, 2.75) is 6.92 Å². The number of aldehydes is 1. The van der Waals surface area contributed by atoms with E-state index in [9.17, 15) is 4.79 Å². The third kappa shape index (κ3) is 0.848. The second-order valence-electron chi connectivity index (χ2n) is 2.80. The van der Waals surface area contributed by atoms with Gasteiger partial charge >= 0.3 is 0 Å². The van der Waals surface area contributed by atoms with Crippen LogP contribution < -0.4 is 0 Å². The Morgan fingerprint density at radius 3 is 2.92 bits per heavy atom. The number of nitrogens with zero attached hydrogens (tertiary/aromatic N) is 1. The third-order valence-electron chi connectivity index (χ3n) is 2.10. The molecule has 2 heterocycles. The van der Waals surface area contributed by atoms with Gasteiger partial charge in [0.05, 0.1) is 0 Å². The first-order valence-corrected chi connectivity index (χ1v) is 3.85. The minimum absolute atomic E-state index is 0.765. The number of aromatic nitrogens is 1. The summed E-state index contributed by atoms with van der Waals surface area (Å²) in [5.41, 5.74) is 2.83. The van der Waals surface area contributed by atoms with Crippen LogP contribution in [0.3, 0.4) is 0 Å². The van der Waals surface area contributed by atoms with Crippen molar-refractivity contribution in [1.29, 1.82) is 0 Å². The van der Waals surface area contributed by atoms with Crippen LogP contribution in [0.2, 0.25) is 0 Å². The van der Waals surface area contributed by atoms with Crippen molar-refractivity contribution in [2.24, 2.45) is 0 Å². The predicted molar refractivity (Wildman–Crippen MR) is 47.5 cm³/mol. The Kier molecular flexibility index (Phi) is 1.47. The number of pyridine rings is 1. The van der Waals surface area contributed by atoms with Crippen molar-refractivity contribution >= 4 is 11.8 Å². The van der Waals surface area contributed by atoms with Crippen molar-refractivity contribution < 1.29 is 4.79 Å². The molecule has 2 nitrogen and oxygen atoms in total. The molecule has 0 aliphatic heterocycles. The van der Waals surface area contributed by atoms with E-state index in [-0.39, 0.29) is 0 Å². The van der Waals surface area contributed by atoms with Crippen molar-refractivity contribution in [2.75, 3.05) is 0 Å². The molecule has 2 heteroatoms. The lowest BCUT2D eigenvalue weighted by Crippen LogP contribution is -1.86. The Hall–Kier alpha value is -1.57. The van der Waals surface area contributed by atoms with E-state index < -0.39 is 0 Å². The predicted octanol–water partition coefficient (Wildman–Crippen LogP) is 2.06. The molecule has 0 bridgehead atoms. The minimum atomic E-state index is 0.765. The minimum Gasteiger partial charge on any atom is -0.320 e. The zero-order valence-corrected chi connectivity index (χ0v) is 6.82. The molecular weight excluding hydrogens is 150 g/mol. The highest BCUT2D eigenvalue weighted by atomic mass is 16.1. The van der Waals surface area contributed by atoms with Crippen LogP contribution in [-0.4, -0.2) is 10.7 Å². The number of rotatable bonds is 1. The Morgan fingerprint density at radius 2 is 2.25 bits per heavy atom. The molecule has 0 aliphatic carbocycles. The topological polar surface area (TPSA) is 21.5 Å². The van der Waals surface area contributed by atoms with Crippen molar-refractivity contribution in [1.82, 2.24) is 4.40 Å². The summed E-state index contributed by atoms with van der Waals surface area (Å²) in [7, 11) is 0. The number of fused-ring (bicyclic) bond motifs is 1. The summed E-state index contributed by atoms with van der Waals surface area (Å²) in [5, 5.41) is 0. The number of hydrogen-bond donors (Lipinski definition) is 0. The fraction of sp³-hybridized carbons (Fsp3) is 0.100. The summed E-state index contributed by atoms with van der Waals surface area (Å²) in [6.07, 6.45) is 2.85. The zero-order chi connectivity index (χ0) is 8.55.